The average Bonchev–Trinajstić information content (AvgIpc) is 3.24. The Morgan fingerprint density at radius 3 is 1.26 bits per heavy atom. The van der Waals surface area contributed by atoms with Crippen molar-refractivity contribution in [3.8, 4) is 33.4 Å². The maximum absolute atomic E-state index is 6.13. The number of nitrogen functional groups attached to an aromatic ring is 1. The number of rotatable bonds is 5. The molecule has 9 rings (SSSR count). The fourth-order valence-electron chi connectivity index (χ4n) is 6.57. The van der Waals surface area contributed by atoms with Crippen molar-refractivity contribution in [1.29, 1.82) is 0 Å². The molecule has 0 bridgehead atoms. The molecule has 2 N–H and O–H groups in total. The van der Waals surface area contributed by atoms with Gasteiger partial charge in [-0.2, -0.15) is 0 Å². The SMILES string of the molecule is CN(c1ccc(-c2ccc3cc4ccccc4cc3c2)cc1)c1ccccc1N.Cc1ccc(-c2ccccc2)cc1.c1ccc(-c2ccccc2)cc1. The number of nitrogens with zero attached hydrogens (tertiary/aromatic N) is 1. The van der Waals surface area contributed by atoms with E-state index in [2.05, 4.69) is 188 Å². The predicted octanol–water partition coefficient (Wildman–Crippen LogP) is 14.0. The van der Waals surface area contributed by atoms with Crippen LogP contribution in [0.25, 0.3) is 54.9 Å². The Balaban J connectivity index is 0.000000148. The zero-order valence-corrected chi connectivity index (χ0v) is 30.8. The van der Waals surface area contributed by atoms with Crippen LogP contribution in [0.2, 0.25) is 0 Å². The second-order valence-electron chi connectivity index (χ2n) is 13.4. The van der Waals surface area contributed by atoms with E-state index in [-0.39, 0.29) is 0 Å². The van der Waals surface area contributed by atoms with Gasteiger partial charge in [-0.25, -0.2) is 0 Å². The van der Waals surface area contributed by atoms with Crippen LogP contribution < -0.4 is 10.6 Å². The Morgan fingerprint density at radius 2 is 0.722 bits per heavy atom. The lowest BCUT2D eigenvalue weighted by molar-refractivity contribution is 1.21. The van der Waals surface area contributed by atoms with Gasteiger partial charge in [0.25, 0.3) is 0 Å². The number of para-hydroxylation sites is 2. The molecular formula is C52H44N2. The zero-order chi connectivity index (χ0) is 37.1. The molecule has 0 unspecified atom stereocenters. The summed E-state index contributed by atoms with van der Waals surface area (Å²) >= 11 is 0. The fraction of sp³-hybridized carbons (Fsp3) is 0.0385. The van der Waals surface area contributed by atoms with Gasteiger partial charge in [-0.1, -0.05) is 181 Å². The van der Waals surface area contributed by atoms with Crippen LogP contribution in [-0.2, 0) is 0 Å². The largest absolute Gasteiger partial charge is 0.397 e. The van der Waals surface area contributed by atoms with Crippen LogP contribution in [0.15, 0.2) is 218 Å². The lowest BCUT2D eigenvalue weighted by atomic mass is 9.98. The molecular weight excluding hydrogens is 653 g/mol. The van der Waals surface area contributed by atoms with Crippen LogP contribution in [-0.4, -0.2) is 7.05 Å². The van der Waals surface area contributed by atoms with E-state index in [1.165, 1.54) is 60.5 Å². The van der Waals surface area contributed by atoms with Crippen LogP contribution in [0.4, 0.5) is 17.1 Å². The lowest BCUT2D eigenvalue weighted by Gasteiger charge is -2.21. The van der Waals surface area contributed by atoms with Gasteiger partial charge < -0.3 is 10.6 Å². The first-order valence-electron chi connectivity index (χ1n) is 18.4. The maximum atomic E-state index is 6.13. The monoisotopic (exact) mass is 696 g/mol. The summed E-state index contributed by atoms with van der Waals surface area (Å²) in [6, 6.07) is 76.1. The van der Waals surface area contributed by atoms with Crippen LogP contribution in [0.5, 0.6) is 0 Å². The van der Waals surface area contributed by atoms with E-state index in [9.17, 15) is 0 Å². The molecule has 0 amide bonds. The topological polar surface area (TPSA) is 29.3 Å². The molecule has 9 aromatic rings. The average molecular weight is 697 g/mol. The van der Waals surface area contributed by atoms with E-state index < -0.39 is 0 Å². The summed E-state index contributed by atoms with van der Waals surface area (Å²) in [6.45, 7) is 2.11. The molecule has 0 atom stereocenters. The molecule has 0 heterocycles. The molecule has 262 valence electrons. The molecule has 0 aliphatic carbocycles. The van der Waals surface area contributed by atoms with E-state index in [1.807, 2.05) is 49.5 Å². The molecule has 2 heteroatoms. The molecule has 54 heavy (non-hydrogen) atoms. The Labute approximate surface area is 319 Å². The summed E-state index contributed by atoms with van der Waals surface area (Å²) in [5.74, 6) is 0. The Hall–Kier alpha value is -6.90. The van der Waals surface area contributed by atoms with Crippen LogP contribution in [0.3, 0.4) is 0 Å². The second kappa shape index (κ2) is 17.1. The third kappa shape index (κ3) is 8.75. The maximum Gasteiger partial charge on any atom is 0.0641 e. The Morgan fingerprint density at radius 1 is 0.333 bits per heavy atom. The highest BCUT2D eigenvalue weighted by atomic mass is 15.1. The van der Waals surface area contributed by atoms with Crippen molar-refractivity contribution in [3.63, 3.8) is 0 Å². The van der Waals surface area contributed by atoms with E-state index in [1.54, 1.807) is 0 Å². The molecule has 2 nitrogen and oxygen atoms in total. The minimum Gasteiger partial charge on any atom is -0.397 e. The van der Waals surface area contributed by atoms with Crippen molar-refractivity contribution in [2.24, 2.45) is 0 Å². The van der Waals surface area contributed by atoms with E-state index in [0.29, 0.717) is 0 Å². The molecule has 0 saturated heterocycles. The first kappa shape index (κ1) is 35.5. The predicted molar refractivity (Wildman–Crippen MR) is 234 cm³/mol. The summed E-state index contributed by atoms with van der Waals surface area (Å²) in [7, 11) is 2.04. The molecule has 9 aromatic carbocycles. The van der Waals surface area contributed by atoms with Crippen molar-refractivity contribution in [2.75, 3.05) is 17.7 Å². The number of fused-ring (bicyclic) bond motifs is 2. The number of anilines is 3. The first-order valence-corrected chi connectivity index (χ1v) is 18.4. The normalized spacial score (nSPS) is 10.5. The Kier molecular flexibility index (Phi) is 11.2. The quantitative estimate of drug-likeness (QED) is 0.143. The van der Waals surface area contributed by atoms with Crippen molar-refractivity contribution >= 4 is 38.6 Å². The van der Waals surface area contributed by atoms with E-state index >= 15 is 0 Å². The third-order valence-corrected chi connectivity index (χ3v) is 9.63. The van der Waals surface area contributed by atoms with Crippen LogP contribution in [0, 0.1) is 6.92 Å². The molecule has 0 aliphatic heterocycles. The van der Waals surface area contributed by atoms with Gasteiger partial charge in [0.15, 0.2) is 0 Å². The number of benzene rings is 9. The van der Waals surface area contributed by atoms with Gasteiger partial charge in [-0.05, 0) is 104 Å². The third-order valence-electron chi connectivity index (χ3n) is 9.63. The zero-order valence-electron chi connectivity index (χ0n) is 30.8. The Bertz CT molecular complexity index is 2510. The first-order chi connectivity index (χ1) is 26.5. The minimum absolute atomic E-state index is 0.779. The smallest absolute Gasteiger partial charge is 0.0641 e. The summed E-state index contributed by atoms with van der Waals surface area (Å²) in [5, 5.41) is 5.08. The van der Waals surface area contributed by atoms with Crippen molar-refractivity contribution < 1.29 is 0 Å². The fourth-order valence-corrected chi connectivity index (χ4v) is 6.57. The highest BCUT2D eigenvalue weighted by Crippen LogP contribution is 2.32. The van der Waals surface area contributed by atoms with Crippen molar-refractivity contribution in [3.05, 3.63) is 224 Å². The molecule has 0 aromatic heterocycles. The van der Waals surface area contributed by atoms with E-state index in [0.717, 1.165) is 17.1 Å². The molecule has 0 fully saturated rings. The lowest BCUT2D eigenvalue weighted by Crippen LogP contribution is -2.11. The van der Waals surface area contributed by atoms with Gasteiger partial charge in [0.2, 0.25) is 0 Å². The summed E-state index contributed by atoms with van der Waals surface area (Å²) in [4.78, 5) is 2.12. The standard InChI is InChI=1S/C27H22N2.C13H12.C12H10/c1-29(27-9-5-4-8-26(27)28)25-14-12-19(13-15-25)22-10-11-23-16-20-6-2-3-7-21(20)17-24(23)18-22;1-11-7-9-13(10-8-11)12-5-3-2-4-6-12;1-3-7-11(8-4-1)12-9-5-2-6-10-12/h2-18H,28H2,1H3;2-10H,1H3;1-10H. The second-order valence-corrected chi connectivity index (χ2v) is 13.4. The molecule has 0 aliphatic rings. The van der Waals surface area contributed by atoms with E-state index in [4.69, 9.17) is 5.73 Å². The van der Waals surface area contributed by atoms with Crippen LogP contribution in [0.1, 0.15) is 5.56 Å². The van der Waals surface area contributed by atoms with Gasteiger partial charge >= 0.3 is 0 Å². The highest BCUT2D eigenvalue weighted by Gasteiger charge is 2.08. The minimum atomic E-state index is 0.779. The van der Waals surface area contributed by atoms with Crippen molar-refractivity contribution in [1.82, 2.24) is 0 Å². The van der Waals surface area contributed by atoms with Crippen molar-refractivity contribution in [2.45, 2.75) is 6.92 Å². The summed E-state index contributed by atoms with van der Waals surface area (Å²) in [6.07, 6.45) is 0. The molecule has 0 radical (unpaired) electrons. The van der Waals surface area contributed by atoms with Gasteiger partial charge in [0.1, 0.15) is 0 Å². The number of hydrogen-bond donors (Lipinski definition) is 1. The highest BCUT2D eigenvalue weighted by molar-refractivity contribution is 5.99. The number of nitrogens with two attached hydrogens (primary N) is 1. The van der Waals surface area contributed by atoms with Gasteiger partial charge in [0.05, 0.1) is 11.4 Å². The van der Waals surface area contributed by atoms with Gasteiger partial charge in [0, 0.05) is 12.7 Å². The molecule has 0 spiro atoms. The molecule has 0 saturated carbocycles. The van der Waals surface area contributed by atoms with Gasteiger partial charge in [-0.15, -0.1) is 0 Å². The number of hydrogen-bond acceptors (Lipinski definition) is 2. The number of aryl methyl sites for hydroxylation is 1. The van der Waals surface area contributed by atoms with Gasteiger partial charge in [-0.3, -0.25) is 0 Å². The summed E-state index contributed by atoms with van der Waals surface area (Å²) < 4.78 is 0. The van der Waals surface area contributed by atoms with Crippen LogP contribution >= 0.6 is 0 Å². The summed E-state index contributed by atoms with van der Waals surface area (Å²) in [5.41, 5.74) is 17.9.